The van der Waals surface area contributed by atoms with Gasteiger partial charge in [0.1, 0.15) is 10.8 Å². The molecule has 0 amide bonds. The van der Waals surface area contributed by atoms with E-state index < -0.39 is 0 Å². The molecule has 0 atom stereocenters. The topological polar surface area (TPSA) is 21.3 Å². The van der Waals surface area contributed by atoms with Gasteiger partial charge in [-0.25, -0.2) is 0 Å². The summed E-state index contributed by atoms with van der Waals surface area (Å²) in [6.07, 6.45) is 5.91. The Hall–Kier alpha value is -0.440. The van der Waals surface area contributed by atoms with Gasteiger partial charge in [-0.3, -0.25) is 0 Å². The molecule has 108 valence electrons. The van der Waals surface area contributed by atoms with Gasteiger partial charge >= 0.3 is 0 Å². The predicted octanol–water partition coefficient (Wildman–Crippen LogP) is 4.93. The van der Waals surface area contributed by atoms with Gasteiger partial charge in [0.05, 0.1) is 11.6 Å². The van der Waals surface area contributed by atoms with Gasteiger partial charge in [0.25, 0.3) is 0 Å². The Labute approximate surface area is 126 Å². The average Bonchev–Trinajstić information content (AvgIpc) is 2.41. The summed E-state index contributed by atoms with van der Waals surface area (Å²) in [4.78, 5) is 0. The SMILES string of the molecule is CCCNCCCCCCOc1cccc(Cl)c1Cl. The van der Waals surface area contributed by atoms with Gasteiger partial charge in [-0.1, -0.05) is 49.0 Å². The molecule has 0 bridgehead atoms. The molecule has 4 heteroatoms. The molecule has 0 heterocycles. The largest absolute Gasteiger partial charge is 0.492 e. The van der Waals surface area contributed by atoms with Crippen molar-refractivity contribution in [1.29, 1.82) is 0 Å². The Bertz CT molecular complexity index is 358. The fourth-order valence-electron chi connectivity index (χ4n) is 1.79. The molecular formula is C15H23Cl2NO. The zero-order chi connectivity index (χ0) is 13.9. The monoisotopic (exact) mass is 303 g/mol. The summed E-state index contributed by atoms with van der Waals surface area (Å²) in [6, 6.07) is 5.46. The zero-order valence-electron chi connectivity index (χ0n) is 11.6. The van der Waals surface area contributed by atoms with E-state index in [1.165, 1.54) is 25.7 Å². The number of nitrogens with one attached hydrogen (secondary N) is 1. The molecule has 0 spiro atoms. The van der Waals surface area contributed by atoms with Gasteiger partial charge in [0, 0.05) is 0 Å². The van der Waals surface area contributed by atoms with Crippen LogP contribution in [0.4, 0.5) is 0 Å². The second-order valence-electron chi connectivity index (χ2n) is 4.56. The number of unbranched alkanes of at least 4 members (excludes halogenated alkanes) is 3. The average molecular weight is 304 g/mol. The van der Waals surface area contributed by atoms with Gasteiger partial charge in [-0.15, -0.1) is 0 Å². The van der Waals surface area contributed by atoms with Crippen molar-refractivity contribution in [1.82, 2.24) is 5.32 Å². The number of benzene rings is 1. The number of rotatable bonds is 10. The highest BCUT2D eigenvalue weighted by Crippen LogP contribution is 2.31. The van der Waals surface area contributed by atoms with Crippen molar-refractivity contribution in [3.05, 3.63) is 28.2 Å². The highest BCUT2D eigenvalue weighted by Gasteiger charge is 2.04. The normalized spacial score (nSPS) is 10.7. The van der Waals surface area contributed by atoms with Gasteiger partial charge in [-0.05, 0) is 44.5 Å². The quantitative estimate of drug-likeness (QED) is 0.619. The highest BCUT2D eigenvalue weighted by atomic mass is 35.5. The van der Waals surface area contributed by atoms with E-state index in [1.807, 2.05) is 12.1 Å². The molecule has 0 unspecified atom stereocenters. The van der Waals surface area contributed by atoms with Crippen molar-refractivity contribution in [2.45, 2.75) is 39.0 Å². The Balaban J connectivity index is 2.03. The fraction of sp³-hybridized carbons (Fsp3) is 0.600. The van der Waals surface area contributed by atoms with E-state index in [9.17, 15) is 0 Å². The first-order chi connectivity index (χ1) is 9.25. The van der Waals surface area contributed by atoms with Crippen LogP contribution < -0.4 is 10.1 Å². The van der Waals surface area contributed by atoms with E-state index in [0.717, 1.165) is 19.5 Å². The first kappa shape index (κ1) is 16.6. The van der Waals surface area contributed by atoms with Crippen LogP contribution in [-0.4, -0.2) is 19.7 Å². The number of hydrogen-bond acceptors (Lipinski definition) is 2. The Morgan fingerprint density at radius 2 is 1.84 bits per heavy atom. The predicted molar refractivity (Wildman–Crippen MR) is 83.6 cm³/mol. The van der Waals surface area contributed by atoms with Crippen LogP contribution in [0.1, 0.15) is 39.0 Å². The third-order valence-electron chi connectivity index (χ3n) is 2.85. The van der Waals surface area contributed by atoms with Crippen molar-refractivity contribution >= 4 is 23.2 Å². The molecule has 0 saturated heterocycles. The lowest BCUT2D eigenvalue weighted by atomic mass is 10.2. The number of hydrogen-bond donors (Lipinski definition) is 1. The maximum Gasteiger partial charge on any atom is 0.139 e. The van der Waals surface area contributed by atoms with Crippen LogP contribution in [0.5, 0.6) is 5.75 Å². The van der Waals surface area contributed by atoms with Crippen LogP contribution in [-0.2, 0) is 0 Å². The van der Waals surface area contributed by atoms with E-state index in [2.05, 4.69) is 12.2 Å². The van der Waals surface area contributed by atoms with E-state index in [0.29, 0.717) is 22.4 Å². The maximum absolute atomic E-state index is 6.04. The minimum Gasteiger partial charge on any atom is -0.492 e. The molecule has 0 radical (unpaired) electrons. The lowest BCUT2D eigenvalue weighted by Gasteiger charge is -2.08. The molecule has 1 aromatic rings. The standard InChI is InChI=1S/C15H23Cl2NO/c1-2-10-18-11-5-3-4-6-12-19-14-9-7-8-13(16)15(14)17/h7-9,18H,2-6,10-12H2,1H3. The Kier molecular flexibility index (Phi) is 9.06. The zero-order valence-corrected chi connectivity index (χ0v) is 13.1. The smallest absolute Gasteiger partial charge is 0.139 e. The Morgan fingerprint density at radius 3 is 2.63 bits per heavy atom. The summed E-state index contributed by atoms with van der Waals surface area (Å²) < 4.78 is 5.63. The lowest BCUT2D eigenvalue weighted by molar-refractivity contribution is 0.304. The van der Waals surface area contributed by atoms with Gasteiger partial charge < -0.3 is 10.1 Å². The van der Waals surface area contributed by atoms with Crippen LogP contribution in [0, 0.1) is 0 Å². The van der Waals surface area contributed by atoms with E-state index in [-0.39, 0.29) is 0 Å². The van der Waals surface area contributed by atoms with E-state index in [4.69, 9.17) is 27.9 Å². The molecule has 0 aliphatic rings. The third-order valence-corrected chi connectivity index (χ3v) is 3.65. The van der Waals surface area contributed by atoms with Crippen molar-refractivity contribution in [2.24, 2.45) is 0 Å². The van der Waals surface area contributed by atoms with Crippen LogP contribution in [0.3, 0.4) is 0 Å². The van der Waals surface area contributed by atoms with Crippen LogP contribution >= 0.6 is 23.2 Å². The summed E-state index contributed by atoms with van der Waals surface area (Å²) >= 11 is 12.0. The Morgan fingerprint density at radius 1 is 1.05 bits per heavy atom. The summed E-state index contributed by atoms with van der Waals surface area (Å²) in [6.45, 7) is 5.12. The van der Waals surface area contributed by atoms with Gasteiger partial charge in [-0.2, -0.15) is 0 Å². The summed E-state index contributed by atoms with van der Waals surface area (Å²) in [5.74, 6) is 0.679. The molecule has 0 fully saturated rings. The first-order valence-electron chi connectivity index (χ1n) is 7.03. The summed E-state index contributed by atoms with van der Waals surface area (Å²) in [5.41, 5.74) is 0. The molecular weight excluding hydrogens is 281 g/mol. The van der Waals surface area contributed by atoms with Crippen molar-refractivity contribution < 1.29 is 4.74 Å². The lowest BCUT2D eigenvalue weighted by Crippen LogP contribution is -2.15. The van der Waals surface area contributed by atoms with E-state index in [1.54, 1.807) is 6.07 Å². The highest BCUT2D eigenvalue weighted by molar-refractivity contribution is 6.42. The molecule has 2 nitrogen and oxygen atoms in total. The number of halogens is 2. The van der Waals surface area contributed by atoms with Gasteiger partial charge in [0.15, 0.2) is 0 Å². The molecule has 19 heavy (non-hydrogen) atoms. The maximum atomic E-state index is 6.04. The van der Waals surface area contributed by atoms with Crippen molar-refractivity contribution in [3.63, 3.8) is 0 Å². The molecule has 1 rings (SSSR count). The first-order valence-corrected chi connectivity index (χ1v) is 7.78. The second kappa shape index (κ2) is 10.4. The number of ether oxygens (including phenoxy) is 1. The molecule has 0 aliphatic heterocycles. The second-order valence-corrected chi connectivity index (χ2v) is 5.35. The minimum absolute atomic E-state index is 0.507. The fourth-order valence-corrected chi connectivity index (χ4v) is 2.13. The van der Waals surface area contributed by atoms with Crippen LogP contribution in [0.25, 0.3) is 0 Å². The molecule has 1 N–H and O–H groups in total. The molecule has 0 aromatic heterocycles. The van der Waals surface area contributed by atoms with Gasteiger partial charge in [0.2, 0.25) is 0 Å². The van der Waals surface area contributed by atoms with Crippen LogP contribution in [0.15, 0.2) is 18.2 Å². The van der Waals surface area contributed by atoms with E-state index >= 15 is 0 Å². The summed E-state index contributed by atoms with van der Waals surface area (Å²) in [5, 5.41) is 4.45. The molecule has 1 aromatic carbocycles. The summed E-state index contributed by atoms with van der Waals surface area (Å²) in [7, 11) is 0. The van der Waals surface area contributed by atoms with Crippen LogP contribution in [0.2, 0.25) is 10.0 Å². The third kappa shape index (κ3) is 7.05. The van der Waals surface area contributed by atoms with Crippen molar-refractivity contribution in [2.75, 3.05) is 19.7 Å². The minimum atomic E-state index is 0.507. The molecule has 0 aliphatic carbocycles. The molecule has 0 saturated carbocycles. The van der Waals surface area contributed by atoms with Crippen molar-refractivity contribution in [3.8, 4) is 5.75 Å².